The third kappa shape index (κ3) is 3.73. The molecule has 2 aromatic carbocycles. The zero-order valence-electron chi connectivity index (χ0n) is 15.1. The van der Waals surface area contributed by atoms with E-state index < -0.39 is 23.8 Å². The van der Waals surface area contributed by atoms with E-state index in [1.165, 1.54) is 19.2 Å². The van der Waals surface area contributed by atoms with Crippen molar-refractivity contribution in [1.29, 1.82) is 0 Å². The van der Waals surface area contributed by atoms with Crippen LogP contribution in [-0.2, 0) is 15.7 Å². The Bertz CT molecular complexity index is 942. The van der Waals surface area contributed by atoms with Gasteiger partial charge in [-0.15, -0.1) is 0 Å². The van der Waals surface area contributed by atoms with Gasteiger partial charge in [0.2, 0.25) is 0 Å². The van der Waals surface area contributed by atoms with E-state index in [0.717, 1.165) is 17.8 Å². The number of halogens is 3. The van der Waals surface area contributed by atoms with Gasteiger partial charge < -0.3 is 10.1 Å². The number of hydrogen-bond donors (Lipinski definition) is 1. The number of anilines is 1. The van der Waals surface area contributed by atoms with Crippen molar-refractivity contribution in [2.45, 2.75) is 19.1 Å². The highest BCUT2D eigenvalue weighted by molar-refractivity contribution is 7.80. The number of nitrogens with zero attached hydrogens (tertiary/aromatic N) is 1. The average Bonchev–Trinajstić information content (AvgIpc) is 2.67. The normalized spacial score (nSPS) is 17.4. The number of rotatable bonds is 3. The van der Waals surface area contributed by atoms with Crippen LogP contribution in [0.15, 0.2) is 65.9 Å². The first-order valence-electron chi connectivity index (χ1n) is 8.36. The molecule has 0 aromatic heterocycles. The van der Waals surface area contributed by atoms with E-state index in [4.69, 9.17) is 17.0 Å². The first-order valence-corrected chi connectivity index (χ1v) is 8.76. The van der Waals surface area contributed by atoms with Gasteiger partial charge in [-0.3, -0.25) is 4.90 Å². The van der Waals surface area contributed by atoms with Gasteiger partial charge in [-0.2, -0.15) is 13.2 Å². The van der Waals surface area contributed by atoms with E-state index >= 15 is 0 Å². The van der Waals surface area contributed by atoms with Gasteiger partial charge in [-0.25, -0.2) is 4.79 Å². The number of alkyl halides is 3. The lowest BCUT2D eigenvalue weighted by Gasteiger charge is -2.37. The second-order valence-corrected chi connectivity index (χ2v) is 6.55. The molecule has 0 radical (unpaired) electrons. The van der Waals surface area contributed by atoms with Crippen molar-refractivity contribution < 1.29 is 22.7 Å². The van der Waals surface area contributed by atoms with Crippen LogP contribution in [-0.4, -0.2) is 18.2 Å². The molecule has 1 atom stereocenters. The summed E-state index contributed by atoms with van der Waals surface area (Å²) in [5, 5.41) is 3.26. The summed E-state index contributed by atoms with van der Waals surface area (Å²) in [5.74, 6) is -0.643. The van der Waals surface area contributed by atoms with Gasteiger partial charge in [-0.05, 0) is 49.0 Å². The summed E-state index contributed by atoms with van der Waals surface area (Å²) in [6.07, 6.45) is -4.49. The molecule has 0 fully saturated rings. The minimum Gasteiger partial charge on any atom is -0.466 e. The van der Waals surface area contributed by atoms with Crippen LogP contribution in [0.5, 0.6) is 0 Å². The Balaban J connectivity index is 2.14. The highest BCUT2D eigenvalue weighted by Crippen LogP contribution is 2.36. The molecule has 28 heavy (non-hydrogen) atoms. The summed E-state index contributed by atoms with van der Waals surface area (Å²) in [4.78, 5) is 14.2. The molecule has 1 aliphatic rings. The second-order valence-electron chi connectivity index (χ2n) is 6.17. The summed E-state index contributed by atoms with van der Waals surface area (Å²) >= 11 is 5.45. The van der Waals surface area contributed by atoms with Crippen LogP contribution in [0.2, 0.25) is 0 Å². The highest BCUT2D eigenvalue weighted by atomic mass is 32.1. The molecular formula is C20H17F3N2O2S. The third-order valence-corrected chi connectivity index (χ3v) is 4.75. The largest absolute Gasteiger partial charge is 0.466 e. The number of ether oxygens (including phenoxy) is 1. The smallest absolute Gasteiger partial charge is 0.416 e. The van der Waals surface area contributed by atoms with Crippen molar-refractivity contribution in [3.05, 3.63) is 77.0 Å². The van der Waals surface area contributed by atoms with E-state index in [2.05, 4.69) is 5.32 Å². The molecular weight excluding hydrogens is 389 g/mol. The molecule has 0 unspecified atom stereocenters. The molecule has 1 N–H and O–H groups in total. The number of thiocarbonyl (C=S) groups is 1. The maximum atomic E-state index is 13.1. The lowest BCUT2D eigenvalue weighted by Crippen LogP contribution is -2.48. The van der Waals surface area contributed by atoms with Crippen molar-refractivity contribution >= 4 is 29.0 Å². The van der Waals surface area contributed by atoms with E-state index in [0.29, 0.717) is 5.70 Å². The summed E-state index contributed by atoms with van der Waals surface area (Å²) in [6, 6.07) is 13.1. The number of carbonyl (C=O) groups excluding carboxylic acids is 1. The first kappa shape index (κ1) is 19.9. The monoisotopic (exact) mass is 406 g/mol. The summed E-state index contributed by atoms with van der Waals surface area (Å²) in [7, 11) is 1.23. The van der Waals surface area contributed by atoms with E-state index in [9.17, 15) is 18.0 Å². The molecule has 1 aliphatic heterocycles. The Labute approximate surface area is 165 Å². The molecule has 0 bridgehead atoms. The third-order valence-electron chi connectivity index (χ3n) is 4.45. The van der Waals surface area contributed by atoms with Crippen LogP contribution in [0, 0.1) is 0 Å². The quantitative estimate of drug-likeness (QED) is 0.597. The van der Waals surface area contributed by atoms with Crippen LogP contribution >= 0.6 is 12.2 Å². The fraction of sp³-hybridized carbons (Fsp3) is 0.200. The standard InChI is InChI=1S/C20H17F3N2O2S/c1-12-16(18(26)27-2)17(13-7-6-8-14(11-13)20(21,22)23)24-19(28)25(12)15-9-4-3-5-10-15/h3-11,17H,1-2H3,(H,24,28)/t17-/m1/s1. The number of benzene rings is 2. The fourth-order valence-electron chi connectivity index (χ4n) is 3.15. The molecule has 4 nitrogen and oxygen atoms in total. The number of nitrogens with one attached hydrogen (secondary N) is 1. The number of esters is 1. The second kappa shape index (κ2) is 7.63. The van der Waals surface area contributed by atoms with Crippen LogP contribution in [0.3, 0.4) is 0 Å². The minimum atomic E-state index is -4.49. The predicted octanol–water partition coefficient (Wildman–Crippen LogP) is 4.59. The maximum absolute atomic E-state index is 13.1. The van der Waals surface area contributed by atoms with Crippen molar-refractivity contribution in [3.63, 3.8) is 0 Å². The number of carbonyl (C=O) groups is 1. The molecule has 0 spiro atoms. The van der Waals surface area contributed by atoms with E-state index in [1.54, 1.807) is 11.8 Å². The van der Waals surface area contributed by atoms with Gasteiger partial charge >= 0.3 is 12.1 Å². The van der Waals surface area contributed by atoms with Crippen molar-refractivity contribution in [2.75, 3.05) is 12.0 Å². The van der Waals surface area contributed by atoms with Gasteiger partial charge in [-0.1, -0.05) is 30.3 Å². The van der Waals surface area contributed by atoms with Crippen molar-refractivity contribution in [3.8, 4) is 0 Å². The van der Waals surface area contributed by atoms with Crippen LogP contribution < -0.4 is 10.2 Å². The lowest BCUT2D eigenvalue weighted by molar-refractivity contribution is -0.137. The van der Waals surface area contributed by atoms with Crippen LogP contribution in [0.25, 0.3) is 0 Å². The average molecular weight is 406 g/mol. The zero-order valence-corrected chi connectivity index (χ0v) is 15.9. The molecule has 146 valence electrons. The molecule has 8 heteroatoms. The highest BCUT2D eigenvalue weighted by Gasteiger charge is 2.37. The van der Waals surface area contributed by atoms with Gasteiger partial charge in [0.1, 0.15) is 0 Å². The van der Waals surface area contributed by atoms with Crippen molar-refractivity contribution in [2.24, 2.45) is 0 Å². The topological polar surface area (TPSA) is 41.6 Å². The van der Waals surface area contributed by atoms with E-state index in [-0.39, 0.29) is 16.2 Å². The summed E-state index contributed by atoms with van der Waals surface area (Å²) in [6.45, 7) is 1.69. The number of hydrogen-bond acceptors (Lipinski definition) is 3. The Kier molecular flexibility index (Phi) is 5.42. The van der Waals surface area contributed by atoms with Crippen LogP contribution in [0.4, 0.5) is 18.9 Å². The van der Waals surface area contributed by atoms with Gasteiger partial charge in [0.05, 0.1) is 24.3 Å². The lowest BCUT2D eigenvalue weighted by atomic mass is 9.93. The van der Waals surface area contributed by atoms with Crippen LogP contribution in [0.1, 0.15) is 24.1 Å². The molecule has 0 amide bonds. The molecule has 0 saturated heterocycles. The predicted molar refractivity (Wildman–Crippen MR) is 104 cm³/mol. The molecule has 2 aromatic rings. The molecule has 0 aliphatic carbocycles. The van der Waals surface area contributed by atoms with Gasteiger partial charge in [0.25, 0.3) is 0 Å². The Hall–Kier alpha value is -2.87. The maximum Gasteiger partial charge on any atom is 0.416 e. The Morgan fingerprint density at radius 1 is 1.14 bits per heavy atom. The Morgan fingerprint density at radius 3 is 2.43 bits per heavy atom. The molecule has 0 saturated carbocycles. The zero-order chi connectivity index (χ0) is 20.5. The SMILES string of the molecule is COC(=O)C1=C(C)N(c2ccccc2)C(=S)N[C@@H]1c1cccc(C(F)(F)F)c1. The number of methoxy groups -OCH3 is 1. The first-order chi connectivity index (χ1) is 13.2. The van der Waals surface area contributed by atoms with Gasteiger partial charge in [0.15, 0.2) is 5.11 Å². The summed E-state index contributed by atoms with van der Waals surface area (Å²) < 4.78 is 44.3. The molecule has 3 rings (SSSR count). The van der Waals surface area contributed by atoms with Crippen molar-refractivity contribution in [1.82, 2.24) is 5.32 Å². The fourth-order valence-corrected chi connectivity index (χ4v) is 3.51. The van der Waals surface area contributed by atoms with E-state index in [1.807, 2.05) is 30.3 Å². The Morgan fingerprint density at radius 2 is 1.82 bits per heavy atom. The molecule has 1 heterocycles. The van der Waals surface area contributed by atoms with Gasteiger partial charge in [0, 0.05) is 11.4 Å². The number of para-hydroxylation sites is 1. The number of allylic oxidation sites excluding steroid dienone is 1. The minimum absolute atomic E-state index is 0.194. The summed E-state index contributed by atoms with van der Waals surface area (Å²) in [5.41, 5.74) is 0.875.